The Morgan fingerprint density at radius 3 is 2.02 bits per heavy atom. The van der Waals surface area contributed by atoms with E-state index in [1.165, 1.54) is 12.1 Å². The Balaban J connectivity index is 1.54. The summed E-state index contributed by atoms with van der Waals surface area (Å²) in [5.74, 6) is -1.15. The van der Waals surface area contributed by atoms with Crippen molar-refractivity contribution in [3.63, 3.8) is 0 Å². The fourth-order valence-corrected chi connectivity index (χ4v) is 4.01. The van der Waals surface area contributed by atoms with E-state index in [0.717, 1.165) is 27.8 Å². The second-order valence-electron chi connectivity index (χ2n) is 9.02. The molecule has 0 spiro atoms. The van der Waals surface area contributed by atoms with Crippen LogP contribution in [0.2, 0.25) is 0 Å². The minimum Gasteiger partial charge on any atom is -0.489 e. The van der Waals surface area contributed by atoms with Crippen LogP contribution in [0.1, 0.15) is 27.9 Å². The second-order valence-corrected chi connectivity index (χ2v) is 9.02. The summed E-state index contributed by atoms with van der Waals surface area (Å²) in [6.45, 7) is 2.22. The molecule has 2 N–H and O–H groups in total. The average Bonchev–Trinajstić information content (AvgIpc) is 2.92. The van der Waals surface area contributed by atoms with Crippen LogP contribution in [0.4, 0.5) is 13.2 Å². The van der Waals surface area contributed by atoms with Crippen molar-refractivity contribution in [2.75, 3.05) is 6.54 Å². The summed E-state index contributed by atoms with van der Waals surface area (Å²) >= 11 is 0. The largest absolute Gasteiger partial charge is 0.573 e. The van der Waals surface area contributed by atoms with E-state index in [9.17, 15) is 22.8 Å². The first-order valence-corrected chi connectivity index (χ1v) is 12.4. The van der Waals surface area contributed by atoms with E-state index in [1.807, 2.05) is 49.4 Å². The Morgan fingerprint density at radius 2 is 1.40 bits per heavy atom. The number of carboxylic acid groups (broad SMARTS) is 1. The maximum absolute atomic E-state index is 12.5. The molecule has 0 saturated heterocycles. The maximum Gasteiger partial charge on any atom is 0.573 e. The third kappa shape index (κ3) is 7.86. The predicted molar refractivity (Wildman–Crippen MR) is 144 cm³/mol. The number of amides is 1. The first-order valence-electron chi connectivity index (χ1n) is 12.4. The highest BCUT2D eigenvalue weighted by molar-refractivity contribution is 5.94. The SMILES string of the molecule is Cc1ccc(-c2ccc(-c3ccc(OC(F)(F)F)cc3)cc2COc2ccc(C(=O)NCCC(=O)O)cc2)cc1. The van der Waals surface area contributed by atoms with E-state index < -0.39 is 12.3 Å². The molecule has 0 aliphatic rings. The van der Waals surface area contributed by atoms with Crippen LogP contribution in [0, 0.1) is 6.92 Å². The summed E-state index contributed by atoms with van der Waals surface area (Å²) in [6.07, 6.45) is -4.93. The summed E-state index contributed by atoms with van der Waals surface area (Å²) < 4.78 is 47.6. The first kappa shape index (κ1) is 28.2. The molecule has 9 heteroatoms. The molecule has 0 heterocycles. The molecular weight excluding hydrogens is 523 g/mol. The van der Waals surface area contributed by atoms with Gasteiger partial charge in [0.15, 0.2) is 0 Å². The molecule has 0 radical (unpaired) electrons. The smallest absolute Gasteiger partial charge is 0.489 e. The van der Waals surface area contributed by atoms with Gasteiger partial charge in [0.05, 0.1) is 6.42 Å². The molecule has 4 aromatic carbocycles. The number of hydrogen-bond acceptors (Lipinski definition) is 4. The fraction of sp³-hybridized carbons (Fsp3) is 0.161. The third-order valence-electron chi connectivity index (χ3n) is 6.02. The molecule has 6 nitrogen and oxygen atoms in total. The van der Waals surface area contributed by atoms with E-state index in [-0.39, 0.29) is 31.2 Å². The van der Waals surface area contributed by atoms with E-state index in [4.69, 9.17) is 9.84 Å². The highest BCUT2D eigenvalue weighted by Crippen LogP contribution is 2.32. The molecule has 0 aliphatic heterocycles. The third-order valence-corrected chi connectivity index (χ3v) is 6.02. The van der Waals surface area contributed by atoms with E-state index in [0.29, 0.717) is 16.9 Å². The van der Waals surface area contributed by atoms with Gasteiger partial charge in [0.25, 0.3) is 5.91 Å². The van der Waals surface area contributed by atoms with Crippen LogP contribution in [-0.2, 0) is 11.4 Å². The van der Waals surface area contributed by atoms with E-state index in [2.05, 4.69) is 10.1 Å². The van der Waals surface area contributed by atoms with Crippen LogP contribution < -0.4 is 14.8 Å². The molecule has 0 aliphatic carbocycles. The van der Waals surface area contributed by atoms with Crippen molar-refractivity contribution < 1.29 is 37.3 Å². The number of ether oxygens (including phenoxy) is 2. The van der Waals surface area contributed by atoms with Crippen LogP contribution in [0.15, 0.2) is 91.0 Å². The Bertz CT molecular complexity index is 1470. The Morgan fingerprint density at radius 1 is 0.800 bits per heavy atom. The van der Waals surface area contributed by atoms with Crippen LogP contribution in [0.25, 0.3) is 22.3 Å². The van der Waals surface area contributed by atoms with Gasteiger partial charge >= 0.3 is 12.3 Å². The van der Waals surface area contributed by atoms with Gasteiger partial charge in [0.2, 0.25) is 0 Å². The van der Waals surface area contributed by atoms with Crippen molar-refractivity contribution in [1.82, 2.24) is 5.32 Å². The number of carboxylic acids is 1. The number of aliphatic carboxylic acids is 1. The quantitative estimate of drug-likeness (QED) is 0.222. The van der Waals surface area contributed by atoms with Gasteiger partial charge in [-0.05, 0) is 77.2 Å². The number of hydrogen-bond donors (Lipinski definition) is 2. The minimum atomic E-state index is -4.76. The molecule has 0 atom stereocenters. The molecule has 0 bridgehead atoms. The molecule has 4 rings (SSSR count). The lowest BCUT2D eigenvalue weighted by molar-refractivity contribution is -0.274. The lowest BCUT2D eigenvalue weighted by Crippen LogP contribution is -2.25. The number of rotatable bonds is 10. The zero-order valence-electron chi connectivity index (χ0n) is 21.5. The van der Waals surface area contributed by atoms with Crippen LogP contribution in [0.3, 0.4) is 0 Å². The van der Waals surface area contributed by atoms with Crippen molar-refractivity contribution in [2.24, 2.45) is 0 Å². The lowest BCUT2D eigenvalue weighted by atomic mass is 9.95. The van der Waals surface area contributed by atoms with Crippen LogP contribution in [0.5, 0.6) is 11.5 Å². The van der Waals surface area contributed by atoms with Crippen molar-refractivity contribution in [1.29, 1.82) is 0 Å². The Kier molecular flexibility index (Phi) is 8.73. The van der Waals surface area contributed by atoms with Gasteiger partial charge in [-0.2, -0.15) is 0 Å². The summed E-state index contributed by atoms with van der Waals surface area (Å²) in [5, 5.41) is 11.3. The zero-order valence-corrected chi connectivity index (χ0v) is 21.5. The minimum absolute atomic E-state index is 0.0304. The number of halogens is 3. The molecule has 206 valence electrons. The molecular formula is C31H26F3NO5. The van der Waals surface area contributed by atoms with Gasteiger partial charge < -0.3 is 19.9 Å². The van der Waals surface area contributed by atoms with Gasteiger partial charge in [-0.1, -0.05) is 54.1 Å². The number of benzene rings is 4. The highest BCUT2D eigenvalue weighted by Gasteiger charge is 2.31. The summed E-state index contributed by atoms with van der Waals surface area (Å²) in [5.41, 5.74) is 5.77. The number of alkyl halides is 3. The fourth-order valence-electron chi connectivity index (χ4n) is 4.01. The molecule has 0 fully saturated rings. The van der Waals surface area contributed by atoms with E-state index >= 15 is 0 Å². The summed E-state index contributed by atoms with van der Waals surface area (Å²) in [4.78, 5) is 22.8. The Labute approximate surface area is 229 Å². The zero-order chi connectivity index (χ0) is 28.7. The van der Waals surface area contributed by atoms with Gasteiger partial charge in [-0.15, -0.1) is 13.2 Å². The van der Waals surface area contributed by atoms with Crippen molar-refractivity contribution >= 4 is 11.9 Å². The second kappa shape index (κ2) is 12.4. The molecule has 0 unspecified atom stereocenters. The predicted octanol–water partition coefficient (Wildman–Crippen LogP) is 7.01. The molecule has 4 aromatic rings. The van der Waals surface area contributed by atoms with Gasteiger partial charge in [0.1, 0.15) is 18.1 Å². The normalized spacial score (nSPS) is 11.1. The molecule has 1 amide bonds. The van der Waals surface area contributed by atoms with Crippen molar-refractivity contribution in [3.8, 4) is 33.8 Å². The Hall–Kier alpha value is -4.79. The maximum atomic E-state index is 12.5. The van der Waals surface area contributed by atoms with Crippen molar-refractivity contribution in [3.05, 3.63) is 108 Å². The number of aryl methyl sites for hydroxylation is 1. The molecule has 0 aromatic heterocycles. The molecule has 40 heavy (non-hydrogen) atoms. The monoisotopic (exact) mass is 549 g/mol. The van der Waals surface area contributed by atoms with Gasteiger partial charge in [-0.25, -0.2) is 0 Å². The number of nitrogens with one attached hydrogen (secondary N) is 1. The van der Waals surface area contributed by atoms with Crippen molar-refractivity contribution in [2.45, 2.75) is 26.3 Å². The van der Waals surface area contributed by atoms with Gasteiger partial charge in [0, 0.05) is 12.1 Å². The summed E-state index contributed by atoms with van der Waals surface area (Å²) in [6, 6.07) is 26.0. The first-order chi connectivity index (χ1) is 19.1. The van der Waals surface area contributed by atoms with Gasteiger partial charge in [-0.3, -0.25) is 9.59 Å². The number of carbonyl (C=O) groups excluding carboxylic acids is 1. The summed E-state index contributed by atoms with van der Waals surface area (Å²) in [7, 11) is 0. The topological polar surface area (TPSA) is 84.9 Å². The standard InChI is InChI=1S/C31H26F3NO5/c1-20-2-4-22(5-3-20)28-15-10-24(21-6-13-27(14-7-21)40-31(32,33)34)18-25(28)19-39-26-11-8-23(9-12-26)30(38)35-17-16-29(36)37/h2-15,18H,16-17,19H2,1H3,(H,35,38)(H,36,37). The van der Waals surface area contributed by atoms with Crippen LogP contribution in [-0.4, -0.2) is 29.9 Å². The molecule has 0 saturated carbocycles. The van der Waals surface area contributed by atoms with E-state index in [1.54, 1.807) is 36.4 Å². The number of carbonyl (C=O) groups is 2. The average molecular weight is 550 g/mol. The lowest BCUT2D eigenvalue weighted by Gasteiger charge is -2.15. The highest BCUT2D eigenvalue weighted by atomic mass is 19.4. The van der Waals surface area contributed by atoms with Crippen LogP contribution >= 0.6 is 0 Å².